The van der Waals surface area contributed by atoms with E-state index in [1.165, 1.54) is 0 Å². The molecule has 1 heterocycles. The largest absolute Gasteiger partial charge is 0.496 e. The quantitative estimate of drug-likeness (QED) is 0.880. The Morgan fingerprint density at radius 1 is 1.11 bits per heavy atom. The highest BCUT2D eigenvalue weighted by molar-refractivity contribution is 5.70. The van der Waals surface area contributed by atoms with E-state index in [1.54, 1.807) is 33.5 Å². The van der Waals surface area contributed by atoms with E-state index in [9.17, 15) is 4.79 Å². The molecule has 1 amide bonds. The molecule has 18 heavy (non-hydrogen) atoms. The number of nitrogens with one attached hydrogen (secondary N) is 1. The van der Waals surface area contributed by atoms with Crippen LogP contribution in [0.1, 0.15) is 11.6 Å². The number of rotatable bonds is 4. The van der Waals surface area contributed by atoms with Crippen molar-refractivity contribution in [2.45, 2.75) is 6.04 Å². The number of alkyl carbamates (subject to hydrolysis) is 1. The molecular formula is C12H15NO5. The van der Waals surface area contributed by atoms with Crippen LogP contribution in [0.4, 0.5) is 4.79 Å². The molecule has 0 unspecified atom stereocenters. The molecular weight excluding hydrogens is 238 g/mol. The first-order valence-electron chi connectivity index (χ1n) is 5.42. The van der Waals surface area contributed by atoms with Crippen molar-refractivity contribution in [3.63, 3.8) is 0 Å². The number of carbonyl (C=O) groups is 1. The van der Waals surface area contributed by atoms with Gasteiger partial charge in [-0.15, -0.1) is 0 Å². The van der Waals surface area contributed by atoms with E-state index in [2.05, 4.69) is 5.32 Å². The van der Waals surface area contributed by atoms with Gasteiger partial charge in [0.15, 0.2) is 11.5 Å². The second kappa shape index (κ2) is 5.03. The fraction of sp³-hybridized carbons (Fsp3) is 0.417. The lowest BCUT2D eigenvalue weighted by atomic mass is 10.1. The molecule has 1 aromatic carbocycles. The van der Waals surface area contributed by atoms with Gasteiger partial charge >= 0.3 is 6.09 Å². The van der Waals surface area contributed by atoms with Crippen LogP contribution in [0.5, 0.6) is 17.2 Å². The van der Waals surface area contributed by atoms with E-state index in [-0.39, 0.29) is 12.6 Å². The number of cyclic esters (lactones) is 1. The molecule has 1 saturated heterocycles. The van der Waals surface area contributed by atoms with Crippen LogP contribution in [0.2, 0.25) is 0 Å². The predicted molar refractivity (Wildman–Crippen MR) is 63.3 cm³/mol. The van der Waals surface area contributed by atoms with E-state index in [4.69, 9.17) is 18.9 Å². The number of ether oxygens (including phenoxy) is 4. The zero-order valence-electron chi connectivity index (χ0n) is 10.5. The molecule has 0 spiro atoms. The summed E-state index contributed by atoms with van der Waals surface area (Å²) in [5.74, 6) is 1.77. The van der Waals surface area contributed by atoms with Crippen LogP contribution in [0, 0.1) is 0 Å². The van der Waals surface area contributed by atoms with Crippen LogP contribution in [-0.4, -0.2) is 34.0 Å². The van der Waals surface area contributed by atoms with Crippen molar-refractivity contribution in [2.24, 2.45) is 0 Å². The number of amides is 1. The maximum Gasteiger partial charge on any atom is 0.407 e. The van der Waals surface area contributed by atoms with Crippen LogP contribution >= 0.6 is 0 Å². The Hall–Kier alpha value is -2.11. The lowest BCUT2D eigenvalue weighted by molar-refractivity contribution is 0.176. The van der Waals surface area contributed by atoms with Gasteiger partial charge < -0.3 is 24.3 Å². The molecule has 1 fully saturated rings. The molecule has 0 radical (unpaired) electrons. The molecule has 1 N–H and O–H groups in total. The van der Waals surface area contributed by atoms with Crippen LogP contribution in [0.3, 0.4) is 0 Å². The monoisotopic (exact) mass is 253 g/mol. The van der Waals surface area contributed by atoms with Crippen LogP contribution in [0.15, 0.2) is 12.1 Å². The molecule has 0 aromatic heterocycles. The third-order valence-corrected chi connectivity index (χ3v) is 2.78. The highest BCUT2D eigenvalue weighted by Gasteiger charge is 2.27. The second-order valence-corrected chi connectivity index (χ2v) is 3.74. The van der Waals surface area contributed by atoms with Gasteiger partial charge in [0, 0.05) is 11.6 Å². The minimum Gasteiger partial charge on any atom is -0.496 e. The van der Waals surface area contributed by atoms with Crippen molar-refractivity contribution in [1.29, 1.82) is 0 Å². The minimum absolute atomic E-state index is 0.243. The average Bonchev–Trinajstić information content (AvgIpc) is 2.83. The molecule has 0 aliphatic carbocycles. The van der Waals surface area contributed by atoms with Gasteiger partial charge in [-0.1, -0.05) is 0 Å². The summed E-state index contributed by atoms with van der Waals surface area (Å²) in [4.78, 5) is 11.1. The van der Waals surface area contributed by atoms with E-state index >= 15 is 0 Å². The highest BCUT2D eigenvalue weighted by Crippen LogP contribution is 2.38. The molecule has 1 aliphatic heterocycles. The fourth-order valence-corrected chi connectivity index (χ4v) is 1.88. The average molecular weight is 253 g/mol. The Bertz CT molecular complexity index is 460. The van der Waals surface area contributed by atoms with Gasteiger partial charge in [-0.25, -0.2) is 4.79 Å². The van der Waals surface area contributed by atoms with Gasteiger partial charge in [-0.05, 0) is 6.07 Å². The number of benzene rings is 1. The maximum absolute atomic E-state index is 11.1. The standard InChI is InChI=1S/C12H15NO5/c1-15-9-5-11(17-3)10(16-2)4-7(9)8-6-18-12(14)13-8/h4-5,8H,6H2,1-3H3,(H,13,14)/t8-/m0/s1. The summed E-state index contributed by atoms with van der Waals surface area (Å²) in [5, 5.41) is 2.70. The summed E-state index contributed by atoms with van der Waals surface area (Å²) in [6, 6.07) is 3.25. The SMILES string of the molecule is COc1cc(OC)c([C@@H]2COC(=O)N2)cc1OC. The van der Waals surface area contributed by atoms with Crippen molar-refractivity contribution in [2.75, 3.05) is 27.9 Å². The summed E-state index contributed by atoms with van der Waals surface area (Å²) in [5.41, 5.74) is 0.793. The second-order valence-electron chi connectivity index (χ2n) is 3.74. The summed E-state index contributed by atoms with van der Waals surface area (Å²) < 4.78 is 20.6. The van der Waals surface area contributed by atoms with Crippen molar-refractivity contribution in [3.05, 3.63) is 17.7 Å². The van der Waals surface area contributed by atoms with Crippen LogP contribution in [-0.2, 0) is 4.74 Å². The molecule has 0 bridgehead atoms. The van der Waals surface area contributed by atoms with E-state index in [0.717, 1.165) is 5.56 Å². The third kappa shape index (κ3) is 2.13. The Labute approximate surface area is 105 Å². The summed E-state index contributed by atoms with van der Waals surface area (Å²) in [6.07, 6.45) is -0.433. The Morgan fingerprint density at radius 3 is 2.22 bits per heavy atom. The number of carbonyl (C=O) groups excluding carboxylic acids is 1. The molecule has 1 atom stereocenters. The highest BCUT2D eigenvalue weighted by atomic mass is 16.6. The number of hydrogen-bond donors (Lipinski definition) is 1. The van der Waals surface area contributed by atoms with Gasteiger partial charge in [0.25, 0.3) is 0 Å². The predicted octanol–water partition coefficient (Wildman–Crippen LogP) is 1.49. The van der Waals surface area contributed by atoms with Gasteiger partial charge in [0.2, 0.25) is 0 Å². The van der Waals surface area contributed by atoms with E-state index < -0.39 is 6.09 Å². The van der Waals surface area contributed by atoms with Gasteiger partial charge in [-0.2, -0.15) is 0 Å². The Morgan fingerprint density at radius 2 is 1.72 bits per heavy atom. The lowest BCUT2D eigenvalue weighted by Gasteiger charge is -2.16. The topological polar surface area (TPSA) is 66.0 Å². The zero-order valence-corrected chi connectivity index (χ0v) is 10.5. The maximum atomic E-state index is 11.1. The summed E-state index contributed by atoms with van der Waals surface area (Å²) in [6.45, 7) is 0.269. The van der Waals surface area contributed by atoms with Crippen LogP contribution in [0.25, 0.3) is 0 Å². The molecule has 6 heteroatoms. The Kier molecular flexibility index (Phi) is 3.45. The number of methoxy groups -OCH3 is 3. The first-order chi connectivity index (χ1) is 8.69. The smallest absolute Gasteiger partial charge is 0.407 e. The molecule has 1 aromatic rings. The normalized spacial score (nSPS) is 17.9. The summed E-state index contributed by atoms with van der Waals surface area (Å²) in [7, 11) is 4.66. The molecule has 98 valence electrons. The van der Waals surface area contributed by atoms with Gasteiger partial charge in [0.1, 0.15) is 12.4 Å². The third-order valence-electron chi connectivity index (χ3n) is 2.78. The molecule has 0 saturated carbocycles. The summed E-state index contributed by atoms with van der Waals surface area (Å²) >= 11 is 0. The van der Waals surface area contributed by atoms with Gasteiger partial charge in [0.05, 0.1) is 27.4 Å². The van der Waals surface area contributed by atoms with Crippen molar-refractivity contribution in [3.8, 4) is 17.2 Å². The van der Waals surface area contributed by atoms with Gasteiger partial charge in [-0.3, -0.25) is 0 Å². The molecule has 6 nitrogen and oxygen atoms in total. The van der Waals surface area contributed by atoms with E-state index in [1.807, 2.05) is 0 Å². The minimum atomic E-state index is -0.433. The lowest BCUT2D eigenvalue weighted by Crippen LogP contribution is -2.19. The van der Waals surface area contributed by atoms with Crippen molar-refractivity contribution in [1.82, 2.24) is 5.32 Å². The van der Waals surface area contributed by atoms with E-state index in [0.29, 0.717) is 17.2 Å². The number of hydrogen-bond acceptors (Lipinski definition) is 5. The first kappa shape index (κ1) is 12.3. The zero-order chi connectivity index (χ0) is 13.1. The first-order valence-corrected chi connectivity index (χ1v) is 5.42. The fourth-order valence-electron chi connectivity index (χ4n) is 1.88. The van der Waals surface area contributed by atoms with Crippen LogP contribution < -0.4 is 19.5 Å². The Balaban J connectivity index is 2.41. The molecule has 1 aliphatic rings. The van der Waals surface area contributed by atoms with Crippen molar-refractivity contribution >= 4 is 6.09 Å². The van der Waals surface area contributed by atoms with Crippen molar-refractivity contribution < 1.29 is 23.7 Å². The molecule has 2 rings (SSSR count).